The van der Waals surface area contributed by atoms with Crippen LogP contribution >= 0.6 is 0 Å². The van der Waals surface area contributed by atoms with E-state index in [1.165, 1.54) is 88.7 Å². The van der Waals surface area contributed by atoms with Gasteiger partial charge in [0, 0.05) is 39.4 Å². The number of anilines is 6. The van der Waals surface area contributed by atoms with Crippen LogP contribution in [0.25, 0.3) is 33.0 Å². The number of nitrogens with zero attached hydrogens (tertiary/aromatic N) is 2. The average molecular weight is 875 g/mol. The van der Waals surface area contributed by atoms with Crippen LogP contribution < -0.4 is 9.80 Å². The summed E-state index contributed by atoms with van der Waals surface area (Å²) in [5.74, 6) is 0. The van der Waals surface area contributed by atoms with Crippen LogP contribution in [0.15, 0.2) is 218 Å². The van der Waals surface area contributed by atoms with Crippen LogP contribution in [0.3, 0.4) is 0 Å². The Balaban J connectivity index is 1.22. The van der Waals surface area contributed by atoms with E-state index in [9.17, 15) is 0 Å². The Bertz CT molecular complexity index is 3460. The first-order chi connectivity index (χ1) is 33.1. The first-order valence-corrected chi connectivity index (χ1v) is 24.0. The Kier molecular flexibility index (Phi) is 9.67. The lowest BCUT2D eigenvalue weighted by molar-refractivity contribution is 0.656. The predicted molar refractivity (Wildman–Crippen MR) is 287 cm³/mol. The summed E-state index contributed by atoms with van der Waals surface area (Å²) in [6.45, 7) is 13.5. The highest BCUT2D eigenvalue weighted by Gasteiger charge is 2.49. The second-order valence-corrected chi connectivity index (χ2v) is 19.7. The molecule has 328 valence electrons. The monoisotopic (exact) mass is 874 g/mol. The topological polar surface area (TPSA) is 6.48 Å². The summed E-state index contributed by atoms with van der Waals surface area (Å²) in [7, 11) is 0. The van der Waals surface area contributed by atoms with Gasteiger partial charge in [-0.05, 0) is 161 Å². The van der Waals surface area contributed by atoms with Crippen molar-refractivity contribution in [2.24, 2.45) is 0 Å². The maximum absolute atomic E-state index is 2.57. The largest absolute Gasteiger partial charge is 0.310 e. The molecule has 2 aliphatic carbocycles. The van der Waals surface area contributed by atoms with Gasteiger partial charge in [-0.1, -0.05) is 182 Å². The molecule has 10 aromatic carbocycles. The fraction of sp³-hybridized carbons (Fsp3) is 0.121. The maximum Gasteiger partial charge on any atom is 0.0715 e. The number of fused-ring (bicyclic) bond motifs is 7. The lowest BCUT2D eigenvalue weighted by Crippen LogP contribution is -2.30. The predicted octanol–water partition coefficient (Wildman–Crippen LogP) is 17.7. The average Bonchev–Trinajstić information content (AvgIpc) is 3.78. The van der Waals surface area contributed by atoms with Crippen molar-refractivity contribution in [3.63, 3.8) is 0 Å². The number of hydrogen-bond acceptors (Lipinski definition) is 2. The molecule has 0 N–H and O–H groups in total. The zero-order valence-corrected chi connectivity index (χ0v) is 39.7. The van der Waals surface area contributed by atoms with Crippen LogP contribution in [0.1, 0.15) is 69.5 Å². The molecule has 2 heteroatoms. The third-order valence-corrected chi connectivity index (χ3v) is 15.0. The molecule has 2 nitrogen and oxygen atoms in total. The van der Waals surface area contributed by atoms with E-state index in [0.29, 0.717) is 0 Å². The Labute approximate surface area is 401 Å². The number of benzene rings is 10. The molecule has 12 rings (SSSR count). The summed E-state index contributed by atoms with van der Waals surface area (Å²) in [4.78, 5) is 4.95. The molecule has 0 saturated heterocycles. The van der Waals surface area contributed by atoms with Gasteiger partial charge in [0.05, 0.1) is 11.1 Å². The van der Waals surface area contributed by atoms with Gasteiger partial charge in [0.1, 0.15) is 0 Å². The van der Waals surface area contributed by atoms with Gasteiger partial charge in [-0.15, -0.1) is 0 Å². The summed E-state index contributed by atoms with van der Waals surface area (Å²) in [6.07, 6.45) is 0. The van der Waals surface area contributed by atoms with Gasteiger partial charge in [-0.3, -0.25) is 0 Å². The van der Waals surface area contributed by atoms with Crippen molar-refractivity contribution < 1.29 is 0 Å². The molecule has 0 spiro atoms. The van der Waals surface area contributed by atoms with E-state index < -0.39 is 5.41 Å². The van der Waals surface area contributed by atoms with E-state index >= 15 is 0 Å². The molecule has 0 saturated carbocycles. The van der Waals surface area contributed by atoms with Crippen LogP contribution in [-0.2, 0) is 10.8 Å². The lowest BCUT2D eigenvalue weighted by Gasteiger charge is -2.37. The molecule has 0 amide bonds. The molecule has 0 fully saturated rings. The van der Waals surface area contributed by atoms with Gasteiger partial charge >= 0.3 is 0 Å². The number of rotatable bonds is 8. The fourth-order valence-corrected chi connectivity index (χ4v) is 11.5. The van der Waals surface area contributed by atoms with Crippen molar-refractivity contribution in [1.29, 1.82) is 0 Å². The fourth-order valence-electron chi connectivity index (χ4n) is 11.5. The second kappa shape index (κ2) is 15.9. The molecule has 68 heavy (non-hydrogen) atoms. The van der Waals surface area contributed by atoms with Gasteiger partial charge in [-0.25, -0.2) is 0 Å². The molecule has 0 heterocycles. The molecule has 10 aromatic rings. The van der Waals surface area contributed by atoms with E-state index in [0.717, 1.165) is 34.1 Å². The molecule has 1 atom stereocenters. The third-order valence-electron chi connectivity index (χ3n) is 15.0. The summed E-state index contributed by atoms with van der Waals surface area (Å²) >= 11 is 0. The van der Waals surface area contributed by atoms with Crippen LogP contribution in [0.2, 0.25) is 0 Å². The second-order valence-electron chi connectivity index (χ2n) is 19.7. The minimum Gasteiger partial charge on any atom is -0.310 e. The van der Waals surface area contributed by atoms with Crippen LogP contribution in [0.5, 0.6) is 0 Å². The minimum absolute atomic E-state index is 0.224. The quantitative estimate of drug-likeness (QED) is 0.150. The van der Waals surface area contributed by atoms with Crippen LogP contribution in [0.4, 0.5) is 34.1 Å². The molecule has 0 radical (unpaired) electrons. The minimum atomic E-state index is -0.693. The van der Waals surface area contributed by atoms with Gasteiger partial charge in [-0.2, -0.15) is 0 Å². The van der Waals surface area contributed by atoms with Crippen molar-refractivity contribution >= 4 is 44.9 Å². The van der Waals surface area contributed by atoms with Crippen molar-refractivity contribution in [2.75, 3.05) is 9.80 Å². The highest BCUT2D eigenvalue weighted by Crippen LogP contribution is 2.62. The Morgan fingerprint density at radius 1 is 0.309 bits per heavy atom. The maximum atomic E-state index is 2.57. The van der Waals surface area contributed by atoms with Crippen molar-refractivity contribution in [2.45, 2.75) is 52.4 Å². The van der Waals surface area contributed by atoms with Crippen molar-refractivity contribution in [1.82, 2.24) is 0 Å². The first-order valence-electron chi connectivity index (χ1n) is 24.0. The molecule has 1 unspecified atom stereocenters. The van der Waals surface area contributed by atoms with E-state index in [4.69, 9.17) is 0 Å². The highest BCUT2D eigenvalue weighted by molar-refractivity contribution is 6.01. The van der Waals surface area contributed by atoms with Crippen molar-refractivity contribution in [3.8, 4) is 22.3 Å². The Morgan fingerprint density at radius 3 is 1.37 bits per heavy atom. The van der Waals surface area contributed by atoms with Gasteiger partial charge in [0.2, 0.25) is 0 Å². The molecular weight excluding hydrogens is 821 g/mol. The summed E-state index contributed by atoms with van der Waals surface area (Å²) in [5, 5.41) is 2.56. The van der Waals surface area contributed by atoms with E-state index in [-0.39, 0.29) is 5.41 Å². The van der Waals surface area contributed by atoms with Gasteiger partial charge in [0.15, 0.2) is 0 Å². The van der Waals surface area contributed by atoms with Crippen LogP contribution in [0, 0.1) is 27.7 Å². The molecule has 0 bridgehead atoms. The number of hydrogen-bond donors (Lipinski definition) is 0. The zero-order chi connectivity index (χ0) is 46.3. The van der Waals surface area contributed by atoms with Crippen molar-refractivity contribution in [3.05, 3.63) is 274 Å². The zero-order valence-electron chi connectivity index (χ0n) is 39.7. The highest BCUT2D eigenvalue weighted by atomic mass is 15.2. The normalized spacial score (nSPS) is 15.1. The van der Waals surface area contributed by atoms with Gasteiger partial charge in [0.25, 0.3) is 0 Å². The molecular formula is C66H54N2. The van der Waals surface area contributed by atoms with E-state index in [1.807, 2.05) is 0 Å². The summed E-state index contributed by atoms with van der Waals surface area (Å²) < 4.78 is 0. The van der Waals surface area contributed by atoms with Crippen LogP contribution in [-0.4, -0.2) is 0 Å². The SMILES string of the molecule is Cc1ccc(N(c2ccc(C)cc2)c2cc(N(c3ccc(C)cc3)c3ccc(C)cc3)c3c(c2)C(c2ccccc2)(c2ccc4c(c2)C(C)(C)c2cc5ccccc5cc2-4)c2ccccc2-3)cc1. The lowest BCUT2D eigenvalue weighted by atomic mass is 9.66. The molecule has 2 aliphatic rings. The standard InChI is InChI=1S/C66H54N2/c1-43-20-29-51(30-21-43)67(52-31-22-44(2)23-32-52)55-41-62-64(63(42-55)68(53-33-24-45(3)25-34-53)54-35-26-46(4)27-36-54)57-18-12-13-19-59(57)66(62,49-16-8-7-9-17-49)50-28-37-56-58-38-47-14-10-11-15-48(47)39-60(58)65(5,6)61(56)40-50/h7-42H,1-6H3. The molecule has 0 aromatic heterocycles. The third kappa shape index (κ3) is 6.46. The Morgan fingerprint density at radius 2 is 0.794 bits per heavy atom. The van der Waals surface area contributed by atoms with E-state index in [2.05, 4.69) is 270 Å². The van der Waals surface area contributed by atoms with Gasteiger partial charge < -0.3 is 9.80 Å². The smallest absolute Gasteiger partial charge is 0.0715 e. The van der Waals surface area contributed by atoms with E-state index in [1.54, 1.807) is 0 Å². The summed E-state index contributed by atoms with van der Waals surface area (Å²) in [6, 6.07) is 82.6. The first kappa shape index (κ1) is 41.5. The number of aryl methyl sites for hydroxylation is 4. The Hall–Kier alpha value is -7.94. The molecule has 0 aliphatic heterocycles. The summed E-state index contributed by atoms with van der Waals surface area (Å²) in [5.41, 5.74) is 23.5.